The van der Waals surface area contributed by atoms with Gasteiger partial charge in [0.2, 0.25) is 0 Å². The Kier molecular flexibility index (Phi) is 3.07. The number of methoxy groups -OCH3 is 1. The average molecular weight is 311 g/mol. The van der Waals surface area contributed by atoms with Gasteiger partial charge in [0.1, 0.15) is 0 Å². The number of hydrogen-bond acceptors (Lipinski definition) is 4. The summed E-state index contributed by atoms with van der Waals surface area (Å²) in [6.07, 6.45) is 0.202. The van der Waals surface area contributed by atoms with E-state index in [1.807, 2.05) is 13.8 Å². The Labute approximate surface area is 126 Å². The molecule has 0 saturated carbocycles. The number of ether oxygens (including phenoxy) is 1. The highest BCUT2D eigenvalue weighted by Gasteiger charge is 2.44. The molecule has 0 spiro atoms. The second-order valence-electron chi connectivity index (χ2n) is 5.57. The summed E-state index contributed by atoms with van der Waals surface area (Å²) in [6, 6.07) is 1.64. The Bertz CT molecular complexity index is 728. The van der Waals surface area contributed by atoms with Gasteiger partial charge in [-0.2, -0.15) is 5.10 Å². The number of anilines is 1. The van der Waals surface area contributed by atoms with Crippen molar-refractivity contribution in [2.24, 2.45) is 0 Å². The fourth-order valence-electron chi connectivity index (χ4n) is 2.89. The number of rotatable bonds is 1. The molecule has 3 rings (SSSR count). The van der Waals surface area contributed by atoms with E-state index in [0.29, 0.717) is 16.5 Å². The van der Waals surface area contributed by atoms with Gasteiger partial charge in [0.05, 0.1) is 30.2 Å². The first kappa shape index (κ1) is 14.1. The molecule has 1 atom stereocenters. The number of hydrogen-bond donors (Lipinski definition) is 1. The topological polar surface area (TPSA) is 80.0 Å². The van der Waals surface area contributed by atoms with Gasteiger partial charge in [-0.25, -0.2) is 14.3 Å². The van der Waals surface area contributed by atoms with Crippen LogP contribution in [0.1, 0.15) is 19.5 Å². The Hall–Kier alpha value is -1.86. The van der Waals surface area contributed by atoms with Gasteiger partial charge in [-0.05, 0) is 0 Å². The molecule has 3 heterocycles. The summed E-state index contributed by atoms with van der Waals surface area (Å²) in [4.78, 5) is 17.0. The summed E-state index contributed by atoms with van der Waals surface area (Å²) in [6.45, 7) is 4.23. The lowest BCUT2D eigenvalue weighted by Gasteiger charge is -2.42. The zero-order valence-corrected chi connectivity index (χ0v) is 12.6. The average Bonchev–Trinajstić information content (AvgIpc) is 2.77. The second kappa shape index (κ2) is 4.57. The fraction of sp³-hybridized carbons (Fsp3) is 0.462. The summed E-state index contributed by atoms with van der Waals surface area (Å²) in [5.41, 5.74) is 1.37. The van der Waals surface area contributed by atoms with E-state index in [1.54, 1.807) is 23.9 Å². The molecule has 0 aromatic carbocycles. The van der Waals surface area contributed by atoms with Crippen LogP contribution >= 0.6 is 11.6 Å². The van der Waals surface area contributed by atoms with Crippen LogP contribution in [0.4, 0.5) is 10.5 Å². The Morgan fingerprint density at radius 3 is 2.90 bits per heavy atom. The fourth-order valence-corrected chi connectivity index (χ4v) is 3.07. The molecule has 8 heteroatoms. The van der Waals surface area contributed by atoms with Crippen molar-refractivity contribution in [3.8, 4) is 0 Å². The molecule has 2 aromatic heterocycles. The highest BCUT2D eigenvalue weighted by molar-refractivity contribution is 6.29. The lowest BCUT2D eigenvalue weighted by Crippen LogP contribution is -2.52. The van der Waals surface area contributed by atoms with Gasteiger partial charge in [0.15, 0.2) is 10.8 Å². The van der Waals surface area contributed by atoms with Gasteiger partial charge in [0.25, 0.3) is 0 Å². The standard InChI is InChI=1S/C13H15ClN4O3/c1-13(2)8(21-3)6-17(12(19)20)7-5-15-10-4-9(14)16-18(10)11(7)13/h4-5,8H,6H2,1-3H3,(H,19,20). The second-order valence-corrected chi connectivity index (χ2v) is 5.96. The molecule has 1 amide bonds. The number of fused-ring (bicyclic) bond motifs is 3. The van der Waals surface area contributed by atoms with Crippen LogP contribution in [-0.4, -0.2) is 45.6 Å². The predicted octanol–water partition coefficient (Wildman–Crippen LogP) is 2.17. The molecular formula is C13H15ClN4O3. The summed E-state index contributed by atoms with van der Waals surface area (Å²) in [5, 5.41) is 14.0. The molecule has 1 unspecified atom stereocenters. The summed E-state index contributed by atoms with van der Waals surface area (Å²) < 4.78 is 7.10. The van der Waals surface area contributed by atoms with Crippen LogP contribution in [0, 0.1) is 0 Å². The van der Waals surface area contributed by atoms with E-state index in [0.717, 1.165) is 5.69 Å². The minimum absolute atomic E-state index is 0.244. The van der Waals surface area contributed by atoms with Crippen molar-refractivity contribution in [3.63, 3.8) is 0 Å². The third kappa shape index (κ3) is 1.96. The first-order valence-corrected chi connectivity index (χ1v) is 6.82. The number of aromatic nitrogens is 3. The van der Waals surface area contributed by atoms with E-state index < -0.39 is 11.5 Å². The van der Waals surface area contributed by atoms with E-state index in [-0.39, 0.29) is 12.6 Å². The highest BCUT2D eigenvalue weighted by Crippen LogP contribution is 2.40. The smallest absolute Gasteiger partial charge is 0.412 e. The van der Waals surface area contributed by atoms with Crippen molar-refractivity contribution in [2.75, 3.05) is 18.6 Å². The van der Waals surface area contributed by atoms with Crippen molar-refractivity contribution in [3.05, 3.63) is 23.1 Å². The molecule has 7 nitrogen and oxygen atoms in total. The van der Waals surface area contributed by atoms with E-state index >= 15 is 0 Å². The number of carbonyl (C=O) groups is 1. The summed E-state index contributed by atoms with van der Waals surface area (Å²) >= 11 is 5.95. The molecule has 0 fully saturated rings. The van der Waals surface area contributed by atoms with Crippen LogP contribution in [0.5, 0.6) is 0 Å². The molecule has 0 aliphatic carbocycles. The van der Waals surface area contributed by atoms with E-state index in [2.05, 4.69) is 10.1 Å². The summed E-state index contributed by atoms with van der Waals surface area (Å²) in [5.74, 6) is 0. The lowest BCUT2D eigenvalue weighted by atomic mass is 9.79. The van der Waals surface area contributed by atoms with Crippen LogP contribution in [0.3, 0.4) is 0 Å². The minimum atomic E-state index is -1.05. The highest BCUT2D eigenvalue weighted by atomic mass is 35.5. The zero-order chi connectivity index (χ0) is 15.4. The van der Waals surface area contributed by atoms with Crippen LogP contribution in [0.2, 0.25) is 5.15 Å². The van der Waals surface area contributed by atoms with Gasteiger partial charge in [0, 0.05) is 18.6 Å². The number of amides is 1. The van der Waals surface area contributed by atoms with Gasteiger partial charge < -0.3 is 9.84 Å². The molecule has 1 aliphatic heterocycles. The normalized spacial score (nSPS) is 20.6. The van der Waals surface area contributed by atoms with Crippen molar-refractivity contribution in [2.45, 2.75) is 25.4 Å². The van der Waals surface area contributed by atoms with E-state index in [1.165, 1.54) is 4.90 Å². The van der Waals surface area contributed by atoms with E-state index in [9.17, 15) is 9.90 Å². The molecule has 1 N–H and O–H groups in total. The monoisotopic (exact) mass is 310 g/mol. The minimum Gasteiger partial charge on any atom is -0.465 e. The number of halogens is 1. The number of carboxylic acid groups (broad SMARTS) is 1. The maximum Gasteiger partial charge on any atom is 0.412 e. The van der Waals surface area contributed by atoms with Crippen LogP contribution in [-0.2, 0) is 10.2 Å². The molecular weight excluding hydrogens is 296 g/mol. The van der Waals surface area contributed by atoms with Gasteiger partial charge in [-0.1, -0.05) is 25.4 Å². The molecule has 0 saturated heterocycles. The molecule has 112 valence electrons. The van der Waals surface area contributed by atoms with Crippen molar-refractivity contribution in [1.29, 1.82) is 0 Å². The summed E-state index contributed by atoms with van der Waals surface area (Å²) in [7, 11) is 1.58. The van der Waals surface area contributed by atoms with Crippen LogP contribution < -0.4 is 4.90 Å². The van der Waals surface area contributed by atoms with Gasteiger partial charge in [-0.3, -0.25) is 4.90 Å². The third-order valence-electron chi connectivity index (χ3n) is 4.00. The van der Waals surface area contributed by atoms with E-state index in [4.69, 9.17) is 16.3 Å². The maximum atomic E-state index is 11.5. The Morgan fingerprint density at radius 2 is 2.29 bits per heavy atom. The largest absolute Gasteiger partial charge is 0.465 e. The predicted molar refractivity (Wildman–Crippen MR) is 77.2 cm³/mol. The third-order valence-corrected chi connectivity index (χ3v) is 4.19. The molecule has 0 radical (unpaired) electrons. The SMILES string of the molecule is COC1CN(C(=O)O)c2cnc3cc(Cl)nn3c2C1(C)C. The molecule has 1 aliphatic rings. The quantitative estimate of drug-likeness (QED) is 0.873. The van der Waals surface area contributed by atoms with Crippen molar-refractivity contribution in [1.82, 2.24) is 14.6 Å². The number of nitrogens with zero attached hydrogens (tertiary/aromatic N) is 4. The molecule has 2 aromatic rings. The van der Waals surface area contributed by atoms with Crippen LogP contribution in [0.25, 0.3) is 5.65 Å². The lowest BCUT2D eigenvalue weighted by molar-refractivity contribution is 0.0434. The van der Waals surface area contributed by atoms with Gasteiger partial charge in [-0.15, -0.1) is 0 Å². The van der Waals surface area contributed by atoms with Crippen LogP contribution in [0.15, 0.2) is 12.3 Å². The first-order chi connectivity index (χ1) is 9.86. The molecule has 0 bridgehead atoms. The maximum absolute atomic E-state index is 11.5. The van der Waals surface area contributed by atoms with Crippen molar-refractivity contribution >= 4 is 29.0 Å². The Balaban J connectivity index is 2.35. The van der Waals surface area contributed by atoms with Crippen molar-refractivity contribution < 1.29 is 14.6 Å². The van der Waals surface area contributed by atoms with Gasteiger partial charge >= 0.3 is 6.09 Å². The zero-order valence-electron chi connectivity index (χ0n) is 11.9. The molecule has 21 heavy (non-hydrogen) atoms. The Morgan fingerprint density at radius 1 is 1.57 bits per heavy atom. The first-order valence-electron chi connectivity index (χ1n) is 6.44.